The van der Waals surface area contributed by atoms with Crippen molar-refractivity contribution >= 4 is 0 Å². The first kappa shape index (κ1) is 12.4. The van der Waals surface area contributed by atoms with Crippen molar-refractivity contribution in [3.05, 3.63) is 0 Å². The highest BCUT2D eigenvalue weighted by molar-refractivity contribution is 4.86. The zero-order chi connectivity index (χ0) is 11.4. The Hall–Kier alpha value is -0.0800. The smallest absolute Gasteiger partial charge is 0.0774 e. The van der Waals surface area contributed by atoms with Crippen LogP contribution in [0, 0.1) is 5.92 Å². The standard InChI is InChI=1S/C14H27NO/c1-13-6-5-10-15(11-7-13)12-14(16)8-3-2-4-9-14/h13,16H,2-12H2,1H3. The quantitative estimate of drug-likeness (QED) is 0.781. The topological polar surface area (TPSA) is 23.5 Å². The van der Waals surface area contributed by atoms with Crippen LogP contribution >= 0.6 is 0 Å². The summed E-state index contributed by atoms with van der Waals surface area (Å²) in [7, 11) is 0. The fourth-order valence-corrected chi connectivity index (χ4v) is 3.26. The van der Waals surface area contributed by atoms with Crippen LogP contribution in [-0.4, -0.2) is 35.2 Å². The van der Waals surface area contributed by atoms with Crippen molar-refractivity contribution in [2.45, 2.75) is 63.9 Å². The minimum atomic E-state index is -0.355. The van der Waals surface area contributed by atoms with Crippen LogP contribution in [0.15, 0.2) is 0 Å². The van der Waals surface area contributed by atoms with Gasteiger partial charge in [0.15, 0.2) is 0 Å². The molecule has 1 atom stereocenters. The molecule has 0 aromatic rings. The second-order valence-electron chi connectivity index (χ2n) is 6.10. The molecule has 0 aromatic carbocycles. The molecule has 0 radical (unpaired) electrons. The summed E-state index contributed by atoms with van der Waals surface area (Å²) in [6.45, 7) is 5.69. The average Bonchev–Trinajstić information content (AvgIpc) is 2.44. The molecule has 2 fully saturated rings. The maximum atomic E-state index is 10.5. The van der Waals surface area contributed by atoms with Crippen molar-refractivity contribution < 1.29 is 5.11 Å². The Morgan fingerprint density at radius 1 is 1.06 bits per heavy atom. The molecular formula is C14H27NO. The van der Waals surface area contributed by atoms with E-state index in [2.05, 4.69) is 11.8 Å². The summed E-state index contributed by atoms with van der Waals surface area (Å²) in [5.41, 5.74) is -0.355. The summed E-state index contributed by atoms with van der Waals surface area (Å²) >= 11 is 0. The third-order valence-corrected chi connectivity index (χ3v) is 4.41. The maximum absolute atomic E-state index is 10.5. The number of aliphatic hydroxyl groups is 1. The van der Waals surface area contributed by atoms with Gasteiger partial charge in [0.2, 0.25) is 0 Å². The van der Waals surface area contributed by atoms with Crippen LogP contribution in [-0.2, 0) is 0 Å². The summed E-state index contributed by atoms with van der Waals surface area (Å²) in [5, 5.41) is 10.5. The van der Waals surface area contributed by atoms with Crippen molar-refractivity contribution in [1.82, 2.24) is 4.90 Å². The average molecular weight is 225 g/mol. The van der Waals surface area contributed by atoms with E-state index in [1.54, 1.807) is 0 Å². The van der Waals surface area contributed by atoms with Crippen LogP contribution in [0.3, 0.4) is 0 Å². The summed E-state index contributed by atoms with van der Waals surface area (Å²) in [4.78, 5) is 2.51. The fraction of sp³-hybridized carbons (Fsp3) is 1.00. The summed E-state index contributed by atoms with van der Waals surface area (Å²) in [6, 6.07) is 0. The van der Waals surface area contributed by atoms with Gasteiger partial charge in [-0.25, -0.2) is 0 Å². The van der Waals surface area contributed by atoms with Crippen LogP contribution in [0.2, 0.25) is 0 Å². The number of hydrogen-bond acceptors (Lipinski definition) is 2. The van der Waals surface area contributed by atoms with Gasteiger partial charge in [-0.2, -0.15) is 0 Å². The van der Waals surface area contributed by atoms with Crippen molar-refractivity contribution in [1.29, 1.82) is 0 Å². The molecule has 2 rings (SSSR count). The van der Waals surface area contributed by atoms with Gasteiger partial charge < -0.3 is 10.0 Å². The van der Waals surface area contributed by atoms with E-state index in [1.807, 2.05) is 0 Å². The van der Waals surface area contributed by atoms with E-state index in [1.165, 1.54) is 51.6 Å². The van der Waals surface area contributed by atoms with Crippen molar-refractivity contribution in [3.8, 4) is 0 Å². The lowest BCUT2D eigenvalue weighted by Gasteiger charge is -2.36. The Balaban J connectivity index is 1.83. The molecular weight excluding hydrogens is 198 g/mol. The highest BCUT2D eigenvalue weighted by Crippen LogP contribution is 2.29. The first-order chi connectivity index (χ1) is 7.68. The largest absolute Gasteiger partial charge is 0.389 e. The van der Waals surface area contributed by atoms with Gasteiger partial charge in [-0.1, -0.05) is 26.2 Å². The number of rotatable bonds is 2. The Kier molecular flexibility index (Phi) is 4.26. The Labute approximate surface area is 100 Å². The lowest BCUT2D eigenvalue weighted by molar-refractivity contribution is -0.0256. The molecule has 2 nitrogen and oxygen atoms in total. The minimum Gasteiger partial charge on any atom is -0.389 e. The minimum absolute atomic E-state index is 0.355. The molecule has 16 heavy (non-hydrogen) atoms. The van der Waals surface area contributed by atoms with Gasteiger partial charge in [0.25, 0.3) is 0 Å². The van der Waals surface area contributed by atoms with Crippen LogP contribution in [0.25, 0.3) is 0 Å². The summed E-state index contributed by atoms with van der Waals surface area (Å²) in [6.07, 6.45) is 9.82. The Morgan fingerprint density at radius 2 is 1.81 bits per heavy atom. The van der Waals surface area contributed by atoms with E-state index >= 15 is 0 Å². The zero-order valence-corrected chi connectivity index (χ0v) is 10.7. The highest BCUT2D eigenvalue weighted by Gasteiger charge is 2.31. The Bertz CT molecular complexity index is 211. The molecule has 0 amide bonds. The molecule has 1 saturated carbocycles. The number of hydrogen-bond donors (Lipinski definition) is 1. The van der Waals surface area contributed by atoms with E-state index in [9.17, 15) is 5.11 Å². The third-order valence-electron chi connectivity index (χ3n) is 4.41. The maximum Gasteiger partial charge on any atom is 0.0774 e. The molecule has 2 heteroatoms. The number of β-amino-alcohol motifs (C(OH)–C–C–N with tert-alkyl or cyclic N) is 1. The molecule has 1 unspecified atom stereocenters. The predicted octanol–water partition coefficient (Wildman–Crippen LogP) is 2.80. The highest BCUT2D eigenvalue weighted by atomic mass is 16.3. The van der Waals surface area contributed by atoms with E-state index < -0.39 is 0 Å². The first-order valence-corrected chi connectivity index (χ1v) is 7.13. The number of likely N-dealkylation sites (tertiary alicyclic amines) is 1. The van der Waals surface area contributed by atoms with Crippen molar-refractivity contribution in [2.24, 2.45) is 5.92 Å². The van der Waals surface area contributed by atoms with Crippen LogP contribution in [0.1, 0.15) is 58.3 Å². The molecule has 0 spiro atoms. The third kappa shape index (κ3) is 3.46. The van der Waals surface area contributed by atoms with Crippen LogP contribution in [0.5, 0.6) is 0 Å². The van der Waals surface area contributed by atoms with E-state index in [0.29, 0.717) is 0 Å². The molecule has 2 aliphatic rings. The summed E-state index contributed by atoms with van der Waals surface area (Å²) in [5.74, 6) is 0.881. The first-order valence-electron chi connectivity index (χ1n) is 7.13. The van der Waals surface area contributed by atoms with E-state index in [4.69, 9.17) is 0 Å². The molecule has 1 N–H and O–H groups in total. The van der Waals surface area contributed by atoms with Crippen LogP contribution in [0.4, 0.5) is 0 Å². The van der Waals surface area contributed by atoms with Gasteiger partial charge >= 0.3 is 0 Å². The zero-order valence-electron chi connectivity index (χ0n) is 10.7. The monoisotopic (exact) mass is 225 g/mol. The van der Waals surface area contributed by atoms with Gasteiger partial charge in [-0.15, -0.1) is 0 Å². The fourth-order valence-electron chi connectivity index (χ4n) is 3.26. The molecule has 0 bridgehead atoms. The van der Waals surface area contributed by atoms with Gasteiger partial charge in [-0.05, 0) is 51.1 Å². The molecule has 1 aliphatic carbocycles. The second kappa shape index (κ2) is 5.50. The normalized spacial score (nSPS) is 32.2. The van der Waals surface area contributed by atoms with Gasteiger partial charge in [-0.3, -0.25) is 0 Å². The molecule has 1 saturated heterocycles. The van der Waals surface area contributed by atoms with E-state index in [-0.39, 0.29) is 5.60 Å². The molecule has 94 valence electrons. The second-order valence-corrected chi connectivity index (χ2v) is 6.10. The number of nitrogens with zero attached hydrogens (tertiary/aromatic N) is 1. The SMILES string of the molecule is CC1CCCN(CC2(O)CCCCC2)CC1. The predicted molar refractivity (Wildman–Crippen MR) is 67.5 cm³/mol. The van der Waals surface area contributed by atoms with E-state index in [0.717, 1.165) is 25.3 Å². The lowest BCUT2D eigenvalue weighted by atomic mass is 9.84. The van der Waals surface area contributed by atoms with Gasteiger partial charge in [0, 0.05) is 6.54 Å². The van der Waals surface area contributed by atoms with Gasteiger partial charge in [0.05, 0.1) is 5.60 Å². The van der Waals surface area contributed by atoms with Crippen molar-refractivity contribution in [3.63, 3.8) is 0 Å². The molecule has 1 aliphatic heterocycles. The van der Waals surface area contributed by atoms with Crippen LogP contribution < -0.4 is 0 Å². The molecule has 0 aromatic heterocycles. The van der Waals surface area contributed by atoms with Crippen molar-refractivity contribution in [2.75, 3.05) is 19.6 Å². The van der Waals surface area contributed by atoms with Gasteiger partial charge in [0.1, 0.15) is 0 Å². The Morgan fingerprint density at radius 3 is 2.56 bits per heavy atom. The lowest BCUT2D eigenvalue weighted by Crippen LogP contribution is -2.44. The summed E-state index contributed by atoms with van der Waals surface area (Å²) < 4.78 is 0. The molecule has 1 heterocycles.